The Morgan fingerprint density at radius 1 is 1.16 bits per heavy atom. The highest BCUT2D eigenvalue weighted by Gasteiger charge is 2.68. The highest BCUT2D eigenvalue weighted by molar-refractivity contribution is 9.09. The van der Waals surface area contributed by atoms with E-state index in [1.807, 2.05) is 0 Å². The Bertz CT molecular complexity index is 840. The molecule has 0 aromatic carbocycles. The lowest BCUT2D eigenvalue weighted by atomic mass is 9.46. The fourth-order valence-electron chi connectivity index (χ4n) is 7.98. The van der Waals surface area contributed by atoms with E-state index in [0.29, 0.717) is 43.6 Å². The Balaban J connectivity index is 1.63. The topological polar surface area (TPSA) is 60.4 Å². The maximum atomic E-state index is 15.4. The monoisotopic (exact) mass is 510 g/mol. The summed E-state index contributed by atoms with van der Waals surface area (Å²) in [6.45, 7) is 5.81. The maximum Gasteiger partial charge on any atom is 0.306 e. The molecule has 0 amide bonds. The molecule has 4 aliphatic carbocycles. The third-order valence-electron chi connectivity index (χ3n) is 9.68. The van der Waals surface area contributed by atoms with Crippen molar-refractivity contribution in [2.75, 3.05) is 5.33 Å². The molecule has 6 heteroatoms. The molecule has 0 radical (unpaired) electrons. The van der Waals surface area contributed by atoms with Crippen molar-refractivity contribution in [2.45, 2.75) is 96.8 Å². The van der Waals surface area contributed by atoms with Crippen molar-refractivity contribution in [3.8, 4) is 0 Å². The van der Waals surface area contributed by atoms with Crippen molar-refractivity contribution in [1.82, 2.24) is 0 Å². The number of carbonyl (C=O) groups excluding carboxylic acids is 3. The number of alkyl halides is 2. The number of Topliss-reactive ketones (excluding diaryl/α,β-unsaturated/α-hetero) is 1. The van der Waals surface area contributed by atoms with Crippen LogP contribution in [0.3, 0.4) is 0 Å². The normalized spacial score (nSPS) is 43.0. The summed E-state index contributed by atoms with van der Waals surface area (Å²) in [6, 6.07) is 0. The number of carbonyl (C=O) groups is 3. The van der Waals surface area contributed by atoms with Crippen molar-refractivity contribution in [1.29, 1.82) is 0 Å². The molecule has 0 aromatic heterocycles. The maximum absolute atomic E-state index is 15.4. The molecule has 32 heavy (non-hydrogen) atoms. The largest absolute Gasteiger partial charge is 0.450 e. The third-order valence-corrected chi connectivity index (χ3v) is 10.2. The molecular formula is C26H36BrFO4. The summed E-state index contributed by atoms with van der Waals surface area (Å²) in [5.74, 6) is 0.284. The molecule has 4 nitrogen and oxygen atoms in total. The van der Waals surface area contributed by atoms with E-state index in [1.54, 1.807) is 13.0 Å². The standard InChI is InChI=1S/C26H36BrFO4/c1-16(29)26(32-23(31)6-4-5-13-27)12-9-20-18-15-22(28)21-14-17(30)7-10-24(21,2)19(18)8-11-25(20,26)3/h14,18-20,22H,4-13,15H2,1-3H3/t18-,19+,20+,22?,24-,25+,26+/m1/s1. The van der Waals surface area contributed by atoms with Crippen LogP contribution >= 0.6 is 15.9 Å². The fraction of sp³-hybridized carbons (Fsp3) is 0.808. The summed E-state index contributed by atoms with van der Waals surface area (Å²) >= 11 is 3.39. The van der Waals surface area contributed by atoms with E-state index in [0.717, 1.165) is 37.4 Å². The van der Waals surface area contributed by atoms with Crippen LogP contribution < -0.4 is 0 Å². The van der Waals surface area contributed by atoms with Gasteiger partial charge in [0.1, 0.15) is 6.17 Å². The molecule has 4 aliphatic rings. The lowest BCUT2D eigenvalue weighted by Gasteiger charge is -2.59. The first kappa shape index (κ1) is 24.1. The molecule has 7 atom stereocenters. The molecule has 0 spiro atoms. The fourth-order valence-corrected chi connectivity index (χ4v) is 8.38. The Labute approximate surface area is 199 Å². The van der Waals surface area contributed by atoms with E-state index in [9.17, 15) is 14.4 Å². The van der Waals surface area contributed by atoms with Crippen molar-refractivity contribution in [3.05, 3.63) is 11.6 Å². The van der Waals surface area contributed by atoms with Gasteiger partial charge in [0.05, 0.1) is 0 Å². The van der Waals surface area contributed by atoms with E-state index < -0.39 is 17.2 Å². The smallest absolute Gasteiger partial charge is 0.306 e. The second-order valence-corrected chi connectivity index (χ2v) is 11.9. The van der Waals surface area contributed by atoms with Crippen LogP contribution in [0.2, 0.25) is 0 Å². The van der Waals surface area contributed by atoms with Gasteiger partial charge in [0.15, 0.2) is 17.2 Å². The summed E-state index contributed by atoms with van der Waals surface area (Å²) < 4.78 is 21.5. The number of ether oxygens (including phenoxy) is 1. The average Bonchev–Trinajstić information content (AvgIpc) is 3.03. The Morgan fingerprint density at radius 2 is 1.88 bits per heavy atom. The molecule has 0 saturated heterocycles. The zero-order valence-electron chi connectivity index (χ0n) is 19.6. The molecule has 3 saturated carbocycles. The minimum absolute atomic E-state index is 0.0440. The van der Waals surface area contributed by atoms with E-state index in [2.05, 4.69) is 29.8 Å². The van der Waals surface area contributed by atoms with Gasteiger partial charge in [0.2, 0.25) is 0 Å². The van der Waals surface area contributed by atoms with Gasteiger partial charge in [-0.05, 0) is 93.1 Å². The number of esters is 1. The van der Waals surface area contributed by atoms with Gasteiger partial charge in [-0.1, -0.05) is 29.8 Å². The highest BCUT2D eigenvalue weighted by atomic mass is 79.9. The molecule has 1 unspecified atom stereocenters. The Kier molecular flexibility index (Phi) is 6.50. The lowest BCUT2D eigenvalue weighted by molar-refractivity contribution is -0.189. The number of rotatable bonds is 6. The molecule has 3 fully saturated rings. The first-order chi connectivity index (χ1) is 15.1. The van der Waals surface area contributed by atoms with Crippen LogP contribution in [0.5, 0.6) is 0 Å². The molecular weight excluding hydrogens is 475 g/mol. The number of ketones is 2. The molecule has 0 N–H and O–H groups in total. The van der Waals surface area contributed by atoms with E-state index in [4.69, 9.17) is 4.74 Å². The second kappa shape index (κ2) is 8.63. The SMILES string of the molecule is CC(=O)[C@@]1(OC(=O)CCCCBr)CC[C@H]2[C@@H]3CC(F)C4=CC(=O)CC[C@]4(C)[C@H]3CC[C@@]21C. The molecule has 0 heterocycles. The summed E-state index contributed by atoms with van der Waals surface area (Å²) in [6.07, 6.45) is 7.02. The van der Waals surface area contributed by atoms with Gasteiger partial charge in [-0.15, -0.1) is 0 Å². The first-order valence-electron chi connectivity index (χ1n) is 12.3. The van der Waals surface area contributed by atoms with Crippen LogP contribution in [0.25, 0.3) is 0 Å². The highest BCUT2D eigenvalue weighted by Crippen LogP contribution is 2.68. The minimum atomic E-state index is -1.10. The zero-order valence-corrected chi connectivity index (χ0v) is 21.1. The van der Waals surface area contributed by atoms with E-state index in [1.165, 1.54) is 0 Å². The predicted molar refractivity (Wildman–Crippen MR) is 124 cm³/mol. The van der Waals surface area contributed by atoms with Crippen molar-refractivity contribution < 1.29 is 23.5 Å². The van der Waals surface area contributed by atoms with Gasteiger partial charge in [0, 0.05) is 23.6 Å². The van der Waals surface area contributed by atoms with E-state index >= 15 is 4.39 Å². The van der Waals surface area contributed by atoms with E-state index in [-0.39, 0.29) is 34.8 Å². The van der Waals surface area contributed by atoms with Gasteiger partial charge in [-0.25, -0.2) is 4.39 Å². The number of fused-ring (bicyclic) bond motifs is 5. The van der Waals surface area contributed by atoms with Gasteiger partial charge in [0.25, 0.3) is 0 Å². The number of halogens is 2. The quantitative estimate of drug-likeness (QED) is 0.253. The third kappa shape index (κ3) is 3.54. The number of unbranched alkanes of at least 4 members (excludes halogenated alkanes) is 1. The van der Waals surface area contributed by atoms with Crippen molar-refractivity contribution in [3.63, 3.8) is 0 Å². The van der Waals surface area contributed by atoms with Gasteiger partial charge < -0.3 is 4.74 Å². The Hall–Kier alpha value is -1.04. The molecule has 0 bridgehead atoms. The van der Waals surface area contributed by atoms with Gasteiger partial charge in [-0.3, -0.25) is 14.4 Å². The van der Waals surface area contributed by atoms with Crippen LogP contribution in [0.4, 0.5) is 4.39 Å². The summed E-state index contributed by atoms with van der Waals surface area (Å²) in [5.41, 5.74) is -1.15. The first-order valence-corrected chi connectivity index (χ1v) is 13.4. The van der Waals surface area contributed by atoms with Gasteiger partial charge >= 0.3 is 5.97 Å². The number of hydrogen-bond acceptors (Lipinski definition) is 4. The van der Waals surface area contributed by atoms with Crippen LogP contribution in [0.15, 0.2) is 11.6 Å². The van der Waals surface area contributed by atoms with Crippen LogP contribution in [-0.2, 0) is 19.1 Å². The summed E-state index contributed by atoms with van der Waals surface area (Å²) in [4.78, 5) is 37.8. The number of hydrogen-bond donors (Lipinski definition) is 0. The molecule has 178 valence electrons. The Morgan fingerprint density at radius 3 is 2.56 bits per heavy atom. The molecule has 4 rings (SSSR count). The molecule has 0 aliphatic heterocycles. The van der Waals surface area contributed by atoms with Crippen LogP contribution in [0, 0.1) is 28.6 Å². The molecule has 0 aromatic rings. The summed E-state index contributed by atoms with van der Waals surface area (Å²) in [5, 5.41) is 0.839. The van der Waals surface area contributed by atoms with Crippen molar-refractivity contribution >= 4 is 33.5 Å². The van der Waals surface area contributed by atoms with Gasteiger partial charge in [-0.2, -0.15) is 0 Å². The predicted octanol–water partition coefficient (Wildman–Crippen LogP) is 5.90. The summed E-state index contributed by atoms with van der Waals surface area (Å²) in [7, 11) is 0. The lowest BCUT2D eigenvalue weighted by Crippen LogP contribution is -2.59. The zero-order chi connectivity index (χ0) is 23.3. The minimum Gasteiger partial charge on any atom is -0.450 e. The van der Waals surface area contributed by atoms with Crippen LogP contribution in [0.1, 0.15) is 85.0 Å². The second-order valence-electron chi connectivity index (χ2n) is 11.1. The average molecular weight is 511 g/mol. The number of allylic oxidation sites excluding steroid dienone is 1. The van der Waals surface area contributed by atoms with Crippen LogP contribution in [-0.4, -0.2) is 34.6 Å². The van der Waals surface area contributed by atoms with Crippen molar-refractivity contribution in [2.24, 2.45) is 28.6 Å².